The van der Waals surface area contributed by atoms with Crippen molar-refractivity contribution in [3.05, 3.63) is 71.7 Å². The molecule has 11 heteroatoms. The fraction of sp³-hybridized carbons (Fsp3) is 0.304. The molecule has 2 aromatic heterocycles. The predicted octanol–water partition coefficient (Wildman–Crippen LogP) is 1.59. The summed E-state index contributed by atoms with van der Waals surface area (Å²) in [5, 5.41) is 9.24. The summed E-state index contributed by atoms with van der Waals surface area (Å²) in [6, 6.07) is 9.08. The molecule has 1 aromatic carbocycles. The third kappa shape index (κ3) is 6.82. The van der Waals surface area contributed by atoms with Crippen LogP contribution in [0, 0.1) is 11.8 Å². The average molecular weight is 472 g/mol. The zero-order chi connectivity index (χ0) is 24.5. The number of nitrogens with zero attached hydrogens (tertiary/aromatic N) is 3. The largest absolute Gasteiger partial charge is 0.351 e. The molecule has 0 spiro atoms. The van der Waals surface area contributed by atoms with Gasteiger partial charge in [-0.3, -0.25) is 14.6 Å². The van der Waals surface area contributed by atoms with E-state index in [9.17, 15) is 18.4 Å². The summed E-state index contributed by atoms with van der Waals surface area (Å²) < 4.78 is 27.6. The van der Waals surface area contributed by atoms with Crippen molar-refractivity contribution in [2.75, 3.05) is 25.1 Å². The van der Waals surface area contributed by atoms with Gasteiger partial charge in [-0.15, -0.1) is 5.10 Å². The van der Waals surface area contributed by atoms with Crippen LogP contribution in [-0.2, 0) is 11.2 Å². The molecule has 5 N–H and O–H groups in total. The fourth-order valence-corrected chi connectivity index (χ4v) is 3.20. The molecule has 0 radical (unpaired) electrons. The van der Waals surface area contributed by atoms with Gasteiger partial charge in [0.2, 0.25) is 11.9 Å². The van der Waals surface area contributed by atoms with Crippen molar-refractivity contribution >= 4 is 11.8 Å². The Labute approximate surface area is 195 Å². The maximum absolute atomic E-state index is 14.4. The molecule has 0 saturated heterocycles. The Hall–Kier alpha value is -3.86. The maximum Gasteiger partial charge on any atom is 0.252 e. The zero-order valence-electron chi connectivity index (χ0n) is 18.7. The molecule has 0 unspecified atom stereocenters. The van der Waals surface area contributed by atoms with Gasteiger partial charge in [-0.1, -0.05) is 19.1 Å². The topological polar surface area (TPSA) is 127 Å². The van der Waals surface area contributed by atoms with Crippen LogP contribution in [-0.4, -0.2) is 52.4 Å². The molecule has 34 heavy (non-hydrogen) atoms. The van der Waals surface area contributed by atoms with Crippen molar-refractivity contribution in [2.45, 2.75) is 25.8 Å². The van der Waals surface area contributed by atoms with Gasteiger partial charge >= 0.3 is 0 Å². The Morgan fingerprint density at radius 3 is 2.71 bits per heavy atom. The molecule has 2 amide bonds. The number of benzene rings is 1. The minimum absolute atomic E-state index is 0.120. The number of carbonyl (C=O) groups excluding carboxylic acids is 2. The smallest absolute Gasteiger partial charge is 0.252 e. The second-order valence-corrected chi connectivity index (χ2v) is 7.59. The number of hydrogen-bond donors (Lipinski definition) is 4. The SMILES string of the molecule is CC[C@H](CNC(=O)c1ccc(-c2cn(NCCc3cccc(F)c3)nc2F)nc1)NC(=O)CN. The first-order valence-electron chi connectivity index (χ1n) is 10.9. The van der Waals surface area contributed by atoms with Gasteiger partial charge in [-0.05, 0) is 42.7 Å². The van der Waals surface area contributed by atoms with E-state index in [-0.39, 0.29) is 42.3 Å². The zero-order valence-corrected chi connectivity index (χ0v) is 18.7. The Morgan fingerprint density at radius 1 is 1.21 bits per heavy atom. The van der Waals surface area contributed by atoms with E-state index in [0.29, 0.717) is 30.6 Å². The van der Waals surface area contributed by atoms with E-state index in [1.165, 1.54) is 41.4 Å². The molecular weight excluding hydrogens is 444 g/mol. The fourth-order valence-electron chi connectivity index (χ4n) is 3.20. The van der Waals surface area contributed by atoms with Crippen LogP contribution in [0.15, 0.2) is 48.8 Å². The lowest BCUT2D eigenvalue weighted by Gasteiger charge is -2.17. The van der Waals surface area contributed by atoms with Crippen LogP contribution >= 0.6 is 0 Å². The average Bonchev–Trinajstić information content (AvgIpc) is 3.21. The van der Waals surface area contributed by atoms with E-state index in [0.717, 1.165) is 5.56 Å². The first-order valence-corrected chi connectivity index (χ1v) is 10.9. The molecule has 180 valence electrons. The van der Waals surface area contributed by atoms with Crippen LogP contribution in [0.25, 0.3) is 11.3 Å². The molecule has 0 aliphatic rings. The van der Waals surface area contributed by atoms with Gasteiger partial charge in [0.25, 0.3) is 5.91 Å². The summed E-state index contributed by atoms with van der Waals surface area (Å²) in [6.07, 6.45) is 3.96. The van der Waals surface area contributed by atoms with Gasteiger partial charge in [0.1, 0.15) is 5.82 Å². The lowest BCUT2D eigenvalue weighted by molar-refractivity contribution is -0.120. The Bertz CT molecular complexity index is 1120. The van der Waals surface area contributed by atoms with Crippen LogP contribution in [0.4, 0.5) is 8.78 Å². The monoisotopic (exact) mass is 471 g/mol. The van der Waals surface area contributed by atoms with E-state index < -0.39 is 5.95 Å². The summed E-state index contributed by atoms with van der Waals surface area (Å²) in [5.41, 5.74) is 9.82. The van der Waals surface area contributed by atoms with Gasteiger partial charge < -0.3 is 21.8 Å². The van der Waals surface area contributed by atoms with Gasteiger partial charge in [-0.25, -0.2) is 4.39 Å². The second-order valence-electron chi connectivity index (χ2n) is 7.59. The van der Waals surface area contributed by atoms with E-state index in [4.69, 9.17) is 5.73 Å². The standard InChI is InChI=1S/C23H27F2N7O2/c1-2-18(30-21(33)11-26)13-28-23(34)16-6-7-20(27-12-16)19-14-32(31-22(19)25)29-9-8-15-4-3-5-17(24)10-15/h3-7,10,12,14,18,29H,2,8-9,11,13,26H2,1H3,(H,28,34)(H,30,33)/t18-/m1/s1. The van der Waals surface area contributed by atoms with Crippen LogP contribution in [0.1, 0.15) is 29.3 Å². The van der Waals surface area contributed by atoms with Crippen molar-refractivity contribution in [2.24, 2.45) is 5.73 Å². The highest BCUT2D eigenvalue weighted by Crippen LogP contribution is 2.19. The number of rotatable bonds is 11. The summed E-state index contributed by atoms with van der Waals surface area (Å²) in [7, 11) is 0. The highest BCUT2D eigenvalue weighted by molar-refractivity contribution is 5.94. The van der Waals surface area contributed by atoms with E-state index in [1.54, 1.807) is 12.1 Å². The predicted molar refractivity (Wildman–Crippen MR) is 123 cm³/mol. The molecule has 2 heterocycles. The lowest BCUT2D eigenvalue weighted by atomic mass is 10.1. The minimum Gasteiger partial charge on any atom is -0.351 e. The number of hydrogen-bond acceptors (Lipinski definition) is 6. The number of amides is 2. The van der Waals surface area contributed by atoms with Crippen LogP contribution in [0.2, 0.25) is 0 Å². The molecule has 0 bridgehead atoms. The number of nitrogens with two attached hydrogens (primary N) is 1. The van der Waals surface area contributed by atoms with Crippen molar-refractivity contribution < 1.29 is 18.4 Å². The van der Waals surface area contributed by atoms with Crippen molar-refractivity contribution in [1.82, 2.24) is 25.5 Å². The molecule has 9 nitrogen and oxygen atoms in total. The third-order valence-electron chi connectivity index (χ3n) is 5.10. The van der Waals surface area contributed by atoms with Crippen molar-refractivity contribution in [1.29, 1.82) is 0 Å². The number of halogens is 2. The summed E-state index contributed by atoms with van der Waals surface area (Å²) in [5.74, 6) is -1.69. The summed E-state index contributed by atoms with van der Waals surface area (Å²) in [4.78, 5) is 29.2. The van der Waals surface area contributed by atoms with Crippen LogP contribution in [0.3, 0.4) is 0 Å². The lowest BCUT2D eigenvalue weighted by Crippen LogP contribution is -2.45. The van der Waals surface area contributed by atoms with Gasteiger partial charge in [0.05, 0.1) is 29.6 Å². The number of carbonyl (C=O) groups is 2. The molecular formula is C23H27F2N7O2. The minimum atomic E-state index is -0.718. The van der Waals surface area contributed by atoms with E-state index >= 15 is 0 Å². The molecule has 3 rings (SSSR count). The van der Waals surface area contributed by atoms with Crippen LogP contribution in [0.5, 0.6) is 0 Å². The number of pyridine rings is 1. The molecule has 3 aromatic rings. The highest BCUT2D eigenvalue weighted by Gasteiger charge is 2.15. The van der Waals surface area contributed by atoms with Gasteiger partial charge in [0.15, 0.2) is 0 Å². The van der Waals surface area contributed by atoms with E-state index in [1.807, 2.05) is 6.92 Å². The molecule has 0 saturated carbocycles. The number of aromatic nitrogens is 3. The molecule has 0 aliphatic heterocycles. The molecule has 0 aliphatic carbocycles. The Balaban J connectivity index is 1.56. The van der Waals surface area contributed by atoms with Crippen molar-refractivity contribution in [3.8, 4) is 11.3 Å². The van der Waals surface area contributed by atoms with Gasteiger partial charge in [0, 0.05) is 25.3 Å². The molecule has 1 atom stereocenters. The molecule has 0 fully saturated rings. The first kappa shape index (κ1) is 24.8. The Kier molecular flexibility index (Phi) is 8.63. The first-order chi connectivity index (χ1) is 16.4. The summed E-state index contributed by atoms with van der Waals surface area (Å²) >= 11 is 0. The third-order valence-corrected chi connectivity index (χ3v) is 5.10. The highest BCUT2D eigenvalue weighted by atomic mass is 19.1. The number of nitrogens with one attached hydrogen (secondary N) is 3. The quantitative estimate of drug-likeness (QED) is 0.336. The Morgan fingerprint density at radius 2 is 2.03 bits per heavy atom. The summed E-state index contributed by atoms with van der Waals surface area (Å²) in [6.45, 7) is 2.42. The van der Waals surface area contributed by atoms with Gasteiger partial charge in [-0.2, -0.15) is 9.18 Å². The van der Waals surface area contributed by atoms with Crippen molar-refractivity contribution in [3.63, 3.8) is 0 Å². The van der Waals surface area contributed by atoms with Crippen LogP contribution < -0.4 is 21.8 Å². The second kappa shape index (κ2) is 11.8. The van der Waals surface area contributed by atoms with E-state index in [2.05, 4.69) is 26.1 Å². The maximum atomic E-state index is 14.4. The normalized spacial score (nSPS) is 11.6.